The fourth-order valence-corrected chi connectivity index (χ4v) is 1.67. The monoisotopic (exact) mass is 264 g/mol. The number of carbonyl (C=O) groups is 1. The Morgan fingerprint density at radius 1 is 1.33 bits per heavy atom. The van der Waals surface area contributed by atoms with Crippen LogP contribution in [0.2, 0.25) is 5.02 Å². The van der Waals surface area contributed by atoms with Gasteiger partial charge in [-0.3, -0.25) is 4.79 Å². The minimum Gasteiger partial charge on any atom is -0.361 e. The van der Waals surface area contributed by atoms with Gasteiger partial charge in [0.2, 0.25) is 0 Å². The molecule has 0 bridgehead atoms. The van der Waals surface area contributed by atoms with E-state index in [4.69, 9.17) is 16.1 Å². The number of aryl methyl sites for hydroxylation is 2. The van der Waals surface area contributed by atoms with Crippen LogP contribution in [0.1, 0.15) is 27.4 Å². The highest BCUT2D eigenvalue weighted by Gasteiger charge is 2.16. The zero-order valence-electron chi connectivity index (χ0n) is 10.4. The molecule has 1 aromatic carbocycles. The molecule has 0 saturated carbocycles. The summed E-state index contributed by atoms with van der Waals surface area (Å²) >= 11 is 5.99. The molecule has 5 heteroatoms. The average molecular weight is 265 g/mol. The SMILES string of the molecule is Cc1ccc(NC(=O)c2noc(C)c2C)cc1Cl. The van der Waals surface area contributed by atoms with Gasteiger partial charge < -0.3 is 9.84 Å². The van der Waals surface area contributed by atoms with Gasteiger partial charge in [0.15, 0.2) is 5.69 Å². The molecule has 1 heterocycles. The molecule has 2 aromatic rings. The summed E-state index contributed by atoms with van der Waals surface area (Å²) in [6.07, 6.45) is 0. The first kappa shape index (κ1) is 12.6. The highest BCUT2D eigenvalue weighted by atomic mass is 35.5. The summed E-state index contributed by atoms with van der Waals surface area (Å²) in [6.45, 7) is 5.46. The van der Waals surface area contributed by atoms with E-state index in [0.717, 1.165) is 11.1 Å². The van der Waals surface area contributed by atoms with Crippen LogP contribution in [-0.4, -0.2) is 11.1 Å². The van der Waals surface area contributed by atoms with E-state index in [2.05, 4.69) is 10.5 Å². The van der Waals surface area contributed by atoms with Crippen molar-refractivity contribution in [2.24, 2.45) is 0 Å². The molecule has 0 atom stereocenters. The molecule has 2 rings (SSSR count). The predicted octanol–water partition coefficient (Wildman–Crippen LogP) is 3.51. The third kappa shape index (κ3) is 2.38. The highest BCUT2D eigenvalue weighted by Crippen LogP contribution is 2.21. The van der Waals surface area contributed by atoms with Crippen molar-refractivity contribution in [1.29, 1.82) is 0 Å². The summed E-state index contributed by atoms with van der Waals surface area (Å²) in [4.78, 5) is 12.0. The van der Waals surface area contributed by atoms with Gasteiger partial charge in [0, 0.05) is 16.3 Å². The zero-order chi connectivity index (χ0) is 13.3. The van der Waals surface area contributed by atoms with Crippen molar-refractivity contribution in [2.45, 2.75) is 20.8 Å². The number of carbonyl (C=O) groups excluding carboxylic acids is 1. The number of anilines is 1. The van der Waals surface area contributed by atoms with Crippen molar-refractivity contribution >= 4 is 23.2 Å². The third-order valence-corrected chi connectivity index (χ3v) is 3.21. The summed E-state index contributed by atoms with van der Waals surface area (Å²) < 4.78 is 4.96. The van der Waals surface area contributed by atoms with E-state index in [1.165, 1.54) is 0 Å². The first-order valence-electron chi connectivity index (χ1n) is 5.49. The molecular formula is C13H13ClN2O2. The smallest absolute Gasteiger partial charge is 0.278 e. The molecule has 0 radical (unpaired) electrons. The van der Waals surface area contributed by atoms with Crippen LogP contribution in [0, 0.1) is 20.8 Å². The lowest BCUT2D eigenvalue weighted by Crippen LogP contribution is -2.13. The predicted molar refractivity (Wildman–Crippen MR) is 70.1 cm³/mol. The number of rotatable bonds is 2. The average Bonchev–Trinajstić information content (AvgIpc) is 2.65. The van der Waals surface area contributed by atoms with E-state index in [9.17, 15) is 4.79 Å². The van der Waals surface area contributed by atoms with Crippen molar-refractivity contribution in [3.63, 3.8) is 0 Å². The number of halogens is 1. The Kier molecular flexibility index (Phi) is 3.39. The first-order chi connectivity index (χ1) is 8.49. The Morgan fingerprint density at radius 3 is 2.61 bits per heavy atom. The minimum atomic E-state index is -0.302. The third-order valence-electron chi connectivity index (χ3n) is 2.80. The van der Waals surface area contributed by atoms with E-state index >= 15 is 0 Å². The molecule has 0 saturated heterocycles. The highest BCUT2D eigenvalue weighted by molar-refractivity contribution is 6.31. The van der Waals surface area contributed by atoms with Crippen LogP contribution < -0.4 is 5.32 Å². The molecule has 0 unspecified atom stereocenters. The van der Waals surface area contributed by atoms with Crippen LogP contribution in [0.15, 0.2) is 22.7 Å². The van der Waals surface area contributed by atoms with E-state index in [1.807, 2.05) is 13.0 Å². The van der Waals surface area contributed by atoms with Gasteiger partial charge in [-0.1, -0.05) is 22.8 Å². The number of hydrogen-bond acceptors (Lipinski definition) is 3. The Bertz CT molecular complexity index is 605. The van der Waals surface area contributed by atoms with Crippen molar-refractivity contribution in [2.75, 3.05) is 5.32 Å². The molecule has 0 aliphatic heterocycles. The van der Waals surface area contributed by atoms with E-state index in [-0.39, 0.29) is 5.91 Å². The van der Waals surface area contributed by atoms with Crippen LogP contribution >= 0.6 is 11.6 Å². The normalized spacial score (nSPS) is 10.4. The molecule has 0 aliphatic carbocycles. The molecule has 4 nitrogen and oxygen atoms in total. The van der Waals surface area contributed by atoms with Crippen molar-refractivity contribution in [3.05, 3.63) is 45.8 Å². The molecule has 1 amide bonds. The maximum Gasteiger partial charge on any atom is 0.278 e. The molecule has 1 N–H and O–H groups in total. The van der Waals surface area contributed by atoms with Gasteiger partial charge in [-0.15, -0.1) is 0 Å². The van der Waals surface area contributed by atoms with E-state index < -0.39 is 0 Å². The van der Waals surface area contributed by atoms with Crippen LogP contribution in [0.5, 0.6) is 0 Å². The molecule has 0 spiro atoms. The Hall–Kier alpha value is -1.81. The second-order valence-corrected chi connectivity index (χ2v) is 4.54. The number of aromatic nitrogens is 1. The van der Waals surface area contributed by atoms with Gasteiger partial charge in [0.05, 0.1) is 0 Å². The number of nitrogens with zero attached hydrogens (tertiary/aromatic N) is 1. The van der Waals surface area contributed by atoms with E-state index in [0.29, 0.717) is 22.2 Å². The minimum absolute atomic E-state index is 0.296. The summed E-state index contributed by atoms with van der Waals surface area (Å²) in [5.41, 5.74) is 2.63. The summed E-state index contributed by atoms with van der Waals surface area (Å²) in [6, 6.07) is 5.34. The Labute approximate surface area is 110 Å². The second-order valence-electron chi connectivity index (χ2n) is 4.13. The molecule has 0 aliphatic rings. The zero-order valence-corrected chi connectivity index (χ0v) is 11.1. The standard InChI is InChI=1S/C13H13ClN2O2/c1-7-4-5-10(6-11(7)14)15-13(17)12-8(2)9(3)18-16-12/h4-6H,1-3H3,(H,15,17). The van der Waals surface area contributed by atoms with Gasteiger partial charge in [-0.25, -0.2) is 0 Å². The van der Waals surface area contributed by atoms with Gasteiger partial charge in [0.25, 0.3) is 5.91 Å². The number of hydrogen-bond donors (Lipinski definition) is 1. The van der Waals surface area contributed by atoms with Crippen LogP contribution in [0.4, 0.5) is 5.69 Å². The van der Waals surface area contributed by atoms with Gasteiger partial charge in [0.1, 0.15) is 5.76 Å². The summed E-state index contributed by atoms with van der Waals surface area (Å²) in [7, 11) is 0. The molecule has 94 valence electrons. The number of benzene rings is 1. The van der Waals surface area contributed by atoms with E-state index in [1.54, 1.807) is 26.0 Å². The fourth-order valence-electron chi connectivity index (χ4n) is 1.49. The van der Waals surface area contributed by atoms with Crippen LogP contribution in [-0.2, 0) is 0 Å². The van der Waals surface area contributed by atoms with Crippen LogP contribution in [0.25, 0.3) is 0 Å². The summed E-state index contributed by atoms with van der Waals surface area (Å²) in [5.74, 6) is 0.339. The molecular weight excluding hydrogens is 252 g/mol. The second kappa shape index (κ2) is 4.82. The lowest BCUT2D eigenvalue weighted by atomic mass is 10.2. The Balaban J connectivity index is 2.21. The number of nitrogens with one attached hydrogen (secondary N) is 1. The fraction of sp³-hybridized carbons (Fsp3) is 0.231. The lowest BCUT2D eigenvalue weighted by molar-refractivity contribution is 0.101. The van der Waals surface area contributed by atoms with Crippen LogP contribution in [0.3, 0.4) is 0 Å². The Morgan fingerprint density at radius 2 is 2.06 bits per heavy atom. The quantitative estimate of drug-likeness (QED) is 0.903. The topological polar surface area (TPSA) is 55.1 Å². The van der Waals surface area contributed by atoms with Crippen molar-refractivity contribution in [3.8, 4) is 0 Å². The molecule has 1 aromatic heterocycles. The molecule has 18 heavy (non-hydrogen) atoms. The first-order valence-corrected chi connectivity index (χ1v) is 5.87. The number of amides is 1. The van der Waals surface area contributed by atoms with Gasteiger partial charge >= 0.3 is 0 Å². The largest absolute Gasteiger partial charge is 0.361 e. The van der Waals surface area contributed by atoms with Gasteiger partial charge in [-0.05, 0) is 38.5 Å². The van der Waals surface area contributed by atoms with Gasteiger partial charge in [-0.2, -0.15) is 0 Å². The molecule has 0 fully saturated rings. The summed E-state index contributed by atoms with van der Waals surface area (Å²) in [5, 5.41) is 7.08. The maximum absolute atomic E-state index is 12.0. The lowest BCUT2D eigenvalue weighted by Gasteiger charge is -2.05. The maximum atomic E-state index is 12.0. The van der Waals surface area contributed by atoms with Crippen molar-refractivity contribution in [1.82, 2.24) is 5.16 Å². The van der Waals surface area contributed by atoms with Crippen molar-refractivity contribution < 1.29 is 9.32 Å².